The molecule has 92 valence electrons. The molecule has 0 aliphatic carbocycles. The Morgan fingerprint density at radius 2 is 2.35 bits per heavy atom. The summed E-state index contributed by atoms with van der Waals surface area (Å²) in [5.41, 5.74) is 0.182. The summed E-state index contributed by atoms with van der Waals surface area (Å²) in [5.74, 6) is 0.192. The van der Waals surface area contributed by atoms with Gasteiger partial charge in [-0.15, -0.1) is 0 Å². The SMILES string of the molecule is CC1CCN(c2ccc(C(=O)O)cn2)C1CO. The van der Waals surface area contributed by atoms with Crippen LogP contribution in [0.3, 0.4) is 0 Å². The molecular formula is C12H16N2O3. The summed E-state index contributed by atoms with van der Waals surface area (Å²) in [6, 6.07) is 3.32. The normalized spacial score (nSPS) is 24.0. The molecule has 0 spiro atoms. The zero-order chi connectivity index (χ0) is 12.4. The Hall–Kier alpha value is -1.62. The third-order valence-electron chi connectivity index (χ3n) is 3.36. The summed E-state index contributed by atoms with van der Waals surface area (Å²) in [7, 11) is 0. The lowest BCUT2D eigenvalue weighted by molar-refractivity contribution is 0.0696. The molecule has 1 aromatic heterocycles. The van der Waals surface area contributed by atoms with E-state index in [4.69, 9.17) is 5.11 Å². The first-order valence-corrected chi connectivity index (χ1v) is 5.70. The van der Waals surface area contributed by atoms with Crippen LogP contribution in [-0.4, -0.2) is 40.4 Å². The van der Waals surface area contributed by atoms with Crippen LogP contribution in [0.5, 0.6) is 0 Å². The number of carboxylic acid groups (broad SMARTS) is 1. The van der Waals surface area contributed by atoms with Gasteiger partial charge < -0.3 is 15.1 Å². The van der Waals surface area contributed by atoms with E-state index in [2.05, 4.69) is 11.9 Å². The number of carbonyl (C=O) groups is 1. The van der Waals surface area contributed by atoms with Gasteiger partial charge in [0.05, 0.1) is 18.2 Å². The number of hydrogen-bond donors (Lipinski definition) is 2. The highest BCUT2D eigenvalue weighted by molar-refractivity contribution is 5.87. The van der Waals surface area contributed by atoms with E-state index in [-0.39, 0.29) is 18.2 Å². The van der Waals surface area contributed by atoms with Crippen LogP contribution < -0.4 is 4.90 Å². The minimum atomic E-state index is -0.974. The molecule has 5 heteroatoms. The fraction of sp³-hybridized carbons (Fsp3) is 0.500. The fourth-order valence-electron chi connectivity index (χ4n) is 2.25. The summed E-state index contributed by atoms with van der Waals surface area (Å²) in [6.07, 6.45) is 2.38. The third kappa shape index (κ3) is 2.24. The molecule has 0 radical (unpaired) electrons. The Morgan fingerprint density at radius 1 is 1.59 bits per heavy atom. The average Bonchev–Trinajstić information content (AvgIpc) is 2.70. The van der Waals surface area contributed by atoms with Crippen molar-refractivity contribution in [2.24, 2.45) is 5.92 Å². The summed E-state index contributed by atoms with van der Waals surface area (Å²) in [6.45, 7) is 3.06. The molecule has 2 heterocycles. The molecule has 17 heavy (non-hydrogen) atoms. The van der Waals surface area contributed by atoms with E-state index in [0.717, 1.165) is 18.8 Å². The van der Waals surface area contributed by atoms with E-state index in [0.29, 0.717) is 5.92 Å². The number of pyridine rings is 1. The van der Waals surface area contributed by atoms with Gasteiger partial charge in [-0.05, 0) is 24.5 Å². The predicted octanol–water partition coefficient (Wildman–Crippen LogP) is 0.987. The Bertz CT molecular complexity index is 405. The molecule has 2 rings (SSSR count). The molecule has 2 N–H and O–H groups in total. The Morgan fingerprint density at radius 3 is 2.88 bits per heavy atom. The van der Waals surface area contributed by atoms with Crippen molar-refractivity contribution in [3.63, 3.8) is 0 Å². The number of rotatable bonds is 3. The number of aromatic nitrogens is 1. The molecular weight excluding hydrogens is 220 g/mol. The van der Waals surface area contributed by atoms with Gasteiger partial charge in [0.25, 0.3) is 0 Å². The largest absolute Gasteiger partial charge is 0.478 e. The summed E-state index contributed by atoms with van der Waals surface area (Å²) < 4.78 is 0. The van der Waals surface area contributed by atoms with Crippen LogP contribution in [0, 0.1) is 5.92 Å². The number of aliphatic hydroxyl groups excluding tert-OH is 1. The first-order valence-electron chi connectivity index (χ1n) is 5.70. The zero-order valence-electron chi connectivity index (χ0n) is 9.71. The third-order valence-corrected chi connectivity index (χ3v) is 3.36. The van der Waals surface area contributed by atoms with Gasteiger partial charge in [-0.2, -0.15) is 0 Å². The van der Waals surface area contributed by atoms with Gasteiger partial charge in [-0.25, -0.2) is 9.78 Å². The number of hydrogen-bond acceptors (Lipinski definition) is 4. The minimum absolute atomic E-state index is 0.0816. The molecule has 1 aliphatic rings. The lowest BCUT2D eigenvalue weighted by Crippen LogP contribution is -2.35. The van der Waals surface area contributed by atoms with Crippen molar-refractivity contribution in [3.8, 4) is 0 Å². The molecule has 2 atom stereocenters. The molecule has 1 saturated heterocycles. The predicted molar refractivity (Wildman–Crippen MR) is 63.2 cm³/mol. The molecule has 1 fully saturated rings. The van der Waals surface area contributed by atoms with Crippen LogP contribution in [0.4, 0.5) is 5.82 Å². The van der Waals surface area contributed by atoms with Crippen LogP contribution in [-0.2, 0) is 0 Å². The highest BCUT2D eigenvalue weighted by Crippen LogP contribution is 2.27. The van der Waals surface area contributed by atoms with Crippen molar-refractivity contribution in [1.29, 1.82) is 0 Å². The summed E-state index contributed by atoms with van der Waals surface area (Å²) in [4.78, 5) is 16.9. The highest BCUT2D eigenvalue weighted by Gasteiger charge is 2.31. The summed E-state index contributed by atoms with van der Waals surface area (Å²) >= 11 is 0. The number of nitrogens with zero attached hydrogens (tertiary/aromatic N) is 2. The van der Waals surface area contributed by atoms with Crippen molar-refractivity contribution in [1.82, 2.24) is 4.98 Å². The number of aromatic carboxylic acids is 1. The van der Waals surface area contributed by atoms with Crippen LogP contribution in [0.1, 0.15) is 23.7 Å². The van der Waals surface area contributed by atoms with Gasteiger partial charge in [0.1, 0.15) is 5.82 Å². The quantitative estimate of drug-likeness (QED) is 0.818. The van der Waals surface area contributed by atoms with Crippen LogP contribution in [0.2, 0.25) is 0 Å². The van der Waals surface area contributed by atoms with Gasteiger partial charge >= 0.3 is 5.97 Å². The molecule has 1 aromatic rings. The van der Waals surface area contributed by atoms with Crippen LogP contribution in [0.25, 0.3) is 0 Å². The van der Waals surface area contributed by atoms with E-state index >= 15 is 0 Å². The van der Waals surface area contributed by atoms with Crippen molar-refractivity contribution < 1.29 is 15.0 Å². The van der Waals surface area contributed by atoms with E-state index in [9.17, 15) is 9.90 Å². The highest BCUT2D eigenvalue weighted by atomic mass is 16.4. The lowest BCUT2D eigenvalue weighted by Gasteiger charge is -2.26. The van der Waals surface area contributed by atoms with Crippen molar-refractivity contribution in [2.75, 3.05) is 18.1 Å². The lowest BCUT2D eigenvalue weighted by atomic mass is 10.0. The van der Waals surface area contributed by atoms with Crippen LogP contribution >= 0.6 is 0 Å². The van der Waals surface area contributed by atoms with E-state index < -0.39 is 5.97 Å². The van der Waals surface area contributed by atoms with Crippen molar-refractivity contribution >= 4 is 11.8 Å². The van der Waals surface area contributed by atoms with Gasteiger partial charge in [0.2, 0.25) is 0 Å². The van der Waals surface area contributed by atoms with Crippen molar-refractivity contribution in [2.45, 2.75) is 19.4 Å². The van der Waals surface area contributed by atoms with E-state index in [1.54, 1.807) is 12.1 Å². The average molecular weight is 236 g/mol. The molecule has 0 saturated carbocycles. The van der Waals surface area contributed by atoms with Gasteiger partial charge in [0.15, 0.2) is 0 Å². The maximum Gasteiger partial charge on any atom is 0.337 e. The Kier molecular flexibility index (Phi) is 3.28. The summed E-state index contributed by atoms with van der Waals surface area (Å²) in [5, 5.41) is 18.1. The standard InChI is InChI=1S/C12H16N2O3/c1-8-4-5-14(10(8)7-15)11-3-2-9(6-13-11)12(16)17/h2-3,6,8,10,15H,4-5,7H2,1H3,(H,16,17). The fourth-order valence-corrected chi connectivity index (χ4v) is 2.25. The Labute approximate surface area is 99.7 Å². The first kappa shape index (κ1) is 11.9. The topological polar surface area (TPSA) is 73.7 Å². The monoisotopic (exact) mass is 236 g/mol. The van der Waals surface area contributed by atoms with Gasteiger partial charge in [0, 0.05) is 12.7 Å². The Balaban J connectivity index is 2.20. The van der Waals surface area contributed by atoms with Gasteiger partial charge in [-0.3, -0.25) is 0 Å². The smallest absolute Gasteiger partial charge is 0.337 e. The number of carboxylic acids is 1. The minimum Gasteiger partial charge on any atom is -0.478 e. The molecule has 0 bridgehead atoms. The number of anilines is 1. The van der Waals surface area contributed by atoms with E-state index in [1.165, 1.54) is 6.20 Å². The second kappa shape index (κ2) is 4.71. The molecule has 0 amide bonds. The maximum absolute atomic E-state index is 10.7. The molecule has 5 nitrogen and oxygen atoms in total. The molecule has 2 unspecified atom stereocenters. The molecule has 1 aliphatic heterocycles. The molecule has 0 aromatic carbocycles. The number of aliphatic hydroxyl groups is 1. The maximum atomic E-state index is 10.7. The van der Waals surface area contributed by atoms with Gasteiger partial charge in [-0.1, -0.05) is 6.92 Å². The second-order valence-corrected chi connectivity index (χ2v) is 4.42. The zero-order valence-corrected chi connectivity index (χ0v) is 9.71. The second-order valence-electron chi connectivity index (χ2n) is 4.42. The van der Waals surface area contributed by atoms with Crippen molar-refractivity contribution in [3.05, 3.63) is 23.9 Å². The van der Waals surface area contributed by atoms with Crippen LogP contribution in [0.15, 0.2) is 18.3 Å². The van der Waals surface area contributed by atoms with E-state index in [1.807, 2.05) is 4.90 Å². The first-order chi connectivity index (χ1) is 8.13.